The molecule has 1 aliphatic rings. The van der Waals surface area contributed by atoms with Crippen molar-refractivity contribution in [3.63, 3.8) is 0 Å². The summed E-state index contributed by atoms with van der Waals surface area (Å²) >= 11 is 0. The lowest BCUT2D eigenvalue weighted by atomic mass is 10.0. The first-order valence-corrected chi connectivity index (χ1v) is 8.90. The number of nitrogens with zero attached hydrogens (tertiary/aromatic N) is 3. The van der Waals surface area contributed by atoms with E-state index in [1.54, 1.807) is 11.8 Å². The van der Waals surface area contributed by atoms with E-state index < -0.39 is 6.04 Å². The molecule has 2 aromatic rings. The Morgan fingerprint density at radius 3 is 2.85 bits per heavy atom. The van der Waals surface area contributed by atoms with Gasteiger partial charge in [-0.1, -0.05) is 22.9 Å². The molecular weight excluding hydrogens is 332 g/mol. The van der Waals surface area contributed by atoms with Gasteiger partial charge in [0.2, 0.25) is 11.8 Å². The number of aryl methyl sites for hydroxylation is 3. The Hall–Kier alpha value is -2.70. The van der Waals surface area contributed by atoms with Crippen LogP contribution in [0.3, 0.4) is 0 Å². The topological polar surface area (TPSA) is 88.3 Å². The highest BCUT2D eigenvalue weighted by Gasteiger charge is 2.29. The highest BCUT2D eigenvalue weighted by molar-refractivity contribution is 5.98. The Labute approximate surface area is 152 Å². The highest BCUT2D eigenvalue weighted by Crippen LogP contribution is 2.17. The second-order valence-electron chi connectivity index (χ2n) is 6.84. The fourth-order valence-electron chi connectivity index (χ4n) is 3.18. The van der Waals surface area contributed by atoms with E-state index in [1.807, 2.05) is 32.0 Å². The molecule has 0 saturated carbocycles. The number of aromatic nitrogens is 2. The van der Waals surface area contributed by atoms with E-state index in [0.29, 0.717) is 30.2 Å². The molecule has 2 amide bonds. The minimum absolute atomic E-state index is 0.1000. The van der Waals surface area contributed by atoms with E-state index in [2.05, 4.69) is 15.5 Å². The molecule has 1 aromatic carbocycles. The van der Waals surface area contributed by atoms with E-state index in [1.165, 1.54) is 0 Å². The van der Waals surface area contributed by atoms with Gasteiger partial charge in [0.15, 0.2) is 5.82 Å². The fourth-order valence-corrected chi connectivity index (χ4v) is 3.18. The molecule has 3 rings (SSSR count). The number of hydrogen-bond acceptors (Lipinski definition) is 5. The van der Waals surface area contributed by atoms with Crippen molar-refractivity contribution in [1.29, 1.82) is 0 Å². The molecule has 26 heavy (non-hydrogen) atoms. The molecule has 138 valence electrons. The second-order valence-corrected chi connectivity index (χ2v) is 6.84. The van der Waals surface area contributed by atoms with Crippen LogP contribution < -0.4 is 5.32 Å². The summed E-state index contributed by atoms with van der Waals surface area (Å²) in [5, 5.41) is 6.68. The summed E-state index contributed by atoms with van der Waals surface area (Å²) < 4.78 is 5.13. The maximum Gasteiger partial charge on any atom is 0.252 e. The molecule has 1 fully saturated rings. The molecule has 0 spiro atoms. The van der Waals surface area contributed by atoms with Gasteiger partial charge in [0.25, 0.3) is 5.91 Å². The maximum atomic E-state index is 12.9. The SMILES string of the molecule is Cc1ccc(C)c(C(=O)NC2CCCCN(Cc3nc(C)no3)C2=O)c1. The van der Waals surface area contributed by atoms with Crippen molar-refractivity contribution < 1.29 is 14.1 Å². The van der Waals surface area contributed by atoms with Crippen LogP contribution in [-0.2, 0) is 11.3 Å². The van der Waals surface area contributed by atoms with Crippen molar-refractivity contribution in [2.45, 2.75) is 52.6 Å². The molecule has 2 heterocycles. The molecule has 1 atom stereocenters. The van der Waals surface area contributed by atoms with Gasteiger partial charge in [0.1, 0.15) is 12.6 Å². The number of amides is 2. The van der Waals surface area contributed by atoms with Crippen LogP contribution in [0.5, 0.6) is 0 Å². The largest absolute Gasteiger partial charge is 0.340 e. The van der Waals surface area contributed by atoms with E-state index in [0.717, 1.165) is 24.0 Å². The third-order valence-corrected chi connectivity index (χ3v) is 4.62. The predicted molar refractivity (Wildman–Crippen MR) is 95.5 cm³/mol. The standard InChI is InChI=1S/C19H24N4O3/c1-12-7-8-13(2)15(10-12)18(24)21-16-6-4-5-9-23(19(16)25)11-17-20-14(3)22-26-17/h7-8,10,16H,4-6,9,11H2,1-3H3,(H,21,24). The minimum atomic E-state index is -0.533. The molecule has 1 unspecified atom stereocenters. The zero-order valence-electron chi connectivity index (χ0n) is 15.4. The van der Waals surface area contributed by atoms with Crippen molar-refractivity contribution in [1.82, 2.24) is 20.4 Å². The Morgan fingerprint density at radius 2 is 2.12 bits per heavy atom. The first kappa shape index (κ1) is 18.1. The minimum Gasteiger partial charge on any atom is -0.340 e. The van der Waals surface area contributed by atoms with Gasteiger partial charge in [-0.2, -0.15) is 4.98 Å². The molecule has 7 heteroatoms. The number of likely N-dealkylation sites (tertiary alicyclic amines) is 1. The molecule has 1 aliphatic heterocycles. The van der Waals surface area contributed by atoms with Gasteiger partial charge in [-0.05, 0) is 51.7 Å². The van der Waals surface area contributed by atoms with Crippen LogP contribution >= 0.6 is 0 Å². The van der Waals surface area contributed by atoms with Gasteiger partial charge in [-0.15, -0.1) is 0 Å². The van der Waals surface area contributed by atoms with Crippen molar-refractivity contribution >= 4 is 11.8 Å². The average molecular weight is 356 g/mol. The fraction of sp³-hybridized carbons (Fsp3) is 0.474. The van der Waals surface area contributed by atoms with Gasteiger partial charge in [0, 0.05) is 12.1 Å². The summed E-state index contributed by atoms with van der Waals surface area (Å²) in [7, 11) is 0. The summed E-state index contributed by atoms with van der Waals surface area (Å²) in [4.78, 5) is 31.4. The van der Waals surface area contributed by atoms with Crippen molar-refractivity contribution in [3.05, 3.63) is 46.6 Å². The van der Waals surface area contributed by atoms with Crippen molar-refractivity contribution in [2.75, 3.05) is 6.54 Å². The van der Waals surface area contributed by atoms with E-state index in [-0.39, 0.29) is 18.4 Å². The third-order valence-electron chi connectivity index (χ3n) is 4.62. The Bertz CT molecular complexity index is 815. The predicted octanol–water partition coefficient (Wildman–Crippen LogP) is 2.31. The summed E-state index contributed by atoms with van der Waals surface area (Å²) in [5.74, 6) is 0.649. The molecular formula is C19H24N4O3. The van der Waals surface area contributed by atoms with E-state index >= 15 is 0 Å². The smallest absolute Gasteiger partial charge is 0.252 e. The number of benzene rings is 1. The number of nitrogens with one attached hydrogen (secondary N) is 1. The van der Waals surface area contributed by atoms with Crippen LogP contribution in [0.2, 0.25) is 0 Å². The Balaban J connectivity index is 1.72. The highest BCUT2D eigenvalue weighted by atomic mass is 16.5. The number of rotatable bonds is 4. The van der Waals surface area contributed by atoms with Crippen LogP contribution in [0.25, 0.3) is 0 Å². The summed E-state index contributed by atoms with van der Waals surface area (Å²) in [6.07, 6.45) is 2.40. The average Bonchev–Trinajstić information content (AvgIpc) is 2.94. The van der Waals surface area contributed by atoms with E-state index in [4.69, 9.17) is 4.52 Å². The molecule has 7 nitrogen and oxygen atoms in total. The molecule has 0 aliphatic carbocycles. The number of hydrogen-bond donors (Lipinski definition) is 1. The van der Waals surface area contributed by atoms with E-state index in [9.17, 15) is 9.59 Å². The lowest BCUT2D eigenvalue weighted by Gasteiger charge is -2.23. The maximum absolute atomic E-state index is 12.9. The second kappa shape index (κ2) is 7.68. The van der Waals surface area contributed by atoms with Crippen LogP contribution in [-0.4, -0.2) is 39.4 Å². The van der Waals surface area contributed by atoms with Crippen molar-refractivity contribution in [2.24, 2.45) is 0 Å². The van der Waals surface area contributed by atoms with Gasteiger partial charge in [-0.3, -0.25) is 9.59 Å². The third kappa shape index (κ3) is 4.09. The Morgan fingerprint density at radius 1 is 1.31 bits per heavy atom. The van der Waals surface area contributed by atoms with Crippen LogP contribution in [0, 0.1) is 20.8 Å². The molecule has 1 saturated heterocycles. The van der Waals surface area contributed by atoms with Crippen LogP contribution in [0.1, 0.15) is 52.5 Å². The Kier molecular flexibility index (Phi) is 5.35. The van der Waals surface area contributed by atoms with Crippen LogP contribution in [0.15, 0.2) is 22.7 Å². The lowest BCUT2D eigenvalue weighted by Crippen LogP contribution is -2.47. The number of carbonyl (C=O) groups excluding carboxylic acids is 2. The summed E-state index contributed by atoms with van der Waals surface area (Å²) in [6, 6.07) is 5.21. The normalized spacial score (nSPS) is 17.9. The molecule has 0 bridgehead atoms. The molecule has 0 radical (unpaired) electrons. The lowest BCUT2D eigenvalue weighted by molar-refractivity contribution is -0.133. The van der Waals surface area contributed by atoms with Gasteiger partial charge in [0.05, 0.1) is 0 Å². The zero-order chi connectivity index (χ0) is 18.7. The van der Waals surface area contributed by atoms with Crippen LogP contribution in [0.4, 0.5) is 0 Å². The monoisotopic (exact) mass is 356 g/mol. The summed E-state index contributed by atoms with van der Waals surface area (Å²) in [5.41, 5.74) is 2.52. The van der Waals surface area contributed by atoms with Gasteiger partial charge >= 0.3 is 0 Å². The van der Waals surface area contributed by atoms with Gasteiger partial charge in [-0.25, -0.2) is 0 Å². The van der Waals surface area contributed by atoms with Gasteiger partial charge < -0.3 is 14.7 Å². The summed E-state index contributed by atoms with van der Waals surface area (Å²) in [6.45, 7) is 6.48. The number of carbonyl (C=O) groups is 2. The first-order chi connectivity index (χ1) is 12.4. The quantitative estimate of drug-likeness (QED) is 0.908. The van der Waals surface area contributed by atoms with Crippen molar-refractivity contribution in [3.8, 4) is 0 Å². The molecule has 1 N–H and O–H groups in total. The zero-order valence-corrected chi connectivity index (χ0v) is 15.4. The first-order valence-electron chi connectivity index (χ1n) is 8.90. The molecule has 1 aromatic heterocycles.